The van der Waals surface area contributed by atoms with Crippen LogP contribution in [0.4, 0.5) is 0 Å². The Bertz CT molecular complexity index is 484. The van der Waals surface area contributed by atoms with Crippen molar-refractivity contribution in [3.05, 3.63) is 24.3 Å². The number of unbranched alkanes of at least 4 members (excludes halogenated alkanes) is 1. The standard InChI is InChI=1S/C28H50/c1-8-9-10-11-26-19-28(26)23(6)13-15-25(14-12-22(5)20(2)3)16-21(4)17-27-18-24(27)7/h8,14,20-24,26-28H,1,9-13,15-19H2,2-7H3. The summed E-state index contributed by atoms with van der Waals surface area (Å²) in [6.45, 7) is 18.5. The number of rotatable bonds is 15. The van der Waals surface area contributed by atoms with Crippen LogP contribution >= 0.6 is 0 Å². The maximum atomic E-state index is 3.86. The predicted octanol–water partition coefficient (Wildman–Crippen LogP) is 9.08. The first-order valence-electron chi connectivity index (χ1n) is 12.6. The lowest BCUT2D eigenvalue weighted by molar-refractivity contribution is 0.409. The van der Waals surface area contributed by atoms with Gasteiger partial charge >= 0.3 is 0 Å². The molecule has 0 amide bonds. The zero-order valence-corrected chi connectivity index (χ0v) is 20.1. The molecule has 2 aliphatic rings. The summed E-state index contributed by atoms with van der Waals surface area (Å²) in [7, 11) is 0. The molecule has 0 aromatic carbocycles. The highest BCUT2D eigenvalue weighted by Gasteiger charge is 2.39. The molecular weight excluding hydrogens is 336 g/mol. The molecule has 0 saturated heterocycles. The molecule has 0 N–H and O–H groups in total. The molecule has 2 saturated carbocycles. The van der Waals surface area contributed by atoms with Crippen molar-refractivity contribution in [1.29, 1.82) is 0 Å². The molecule has 0 heteroatoms. The molecule has 0 bridgehead atoms. The molecule has 0 spiro atoms. The van der Waals surface area contributed by atoms with Gasteiger partial charge in [-0.25, -0.2) is 0 Å². The third-order valence-corrected chi connectivity index (χ3v) is 8.12. The van der Waals surface area contributed by atoms with E-state index in [0.29, 0.717) is 0 Å². The topological polar surface area (TPSA) is 0 Å². The van der Waals surface area contributed by atoms with E-state index in [4.69, 9.17) is 0 Å². The van der Waals surface area contributed by atoms with Crippen LogP contribution in [0.1, 0.15) is 106 Å². The summed E-state index contributed by atoms with van der Waals surface area (Å²) in [4.78, 5) is 0. The van der Waals surface area contributed by atoms with Gasteiger partial charge in [0, 0.05) is 0 Å². The van der Waals surface area contributed by atoms with E-state index in [1.165, 1.54) is 64.2 Å². The van der Waals surface area contributed by atoms with E-state index in [1.54, 1.807) is 5.57 Å². The van der Waals surface area contributed by atoms with Crippen molar-refractivity contribution < 1.29 is 0 Å². The van der Waals surface area contributed by atoms with Crippen molar-refractivity contribution in [3.63, 3.8) is 0 Å². The highest BCUT2D eigenvalue weighted by atomic mass is 14.4. The molecule has 28 heavy (non-hydrogen) atoms. The molecule has 2 rings (SSSR count). The van der Waals surface area contributed by atoms with Crippen LogP contribution in [0, 0.1) is 47.3 Å². The first kappa shape index (κ1) is 23.8. The normalized spacial score (nSPS) is 30.2. The highest BCUT2D eigenvalue weighted by molar-refractivity contribution is 5.05. The minimum Gasteiger partial charge on any atom is -0.103 e. The molecule has 0 heterocycles. The summed E-state index contributed by atoms with van der Waals surface area (Å²) in [6.07, 6.45) is 18.6. The lowest BCUT2D eigenvalue weighted by Gasteiger charge is -2.19. The van der Waals surface area contributed by atoms with E-state index in [1.807, 2.05) is 0 Å². The van der Waals surface area contributed by atoms with Crippen LogP contribution in [0.15, 0.2) is 24.3 Å². The van der Waals surface area contributed by atoms with Crippen LogP contribution in [-0.4, -0.2) is 0 Å². The zero-order chi connectivity index (χ0) is 20.7. The second-order valence-corrected chi connectivity index (χ2v) is 11.2. The monoisotopic (exact) mass is 386 g/mol. The third-order valence-electron chi connectivity index (χ3n) is 8.12. The zero-order valence-electron chi connectivity index (χ0n) is 20.1. The van der Waals surface area contributed by atoms with Gasteiger partial charge < -0.3 is 0 Å². The molecule has 7 atom stereocenters. The summed E-state index contributed by atoms with van der Waals surface area (Å²) in [6, 6.07) is 0. The van der Waals surface area contributed by atoms with Gasteiger partial charge in [-0.3, -0.25) is 0 Å². The second kappa shape index (κ2) is 11.6. The molecule has 162 valence electrons. The number of hydrogen-bond donors (Lipinski definition) is 0. The Hall–Kier alpha value is -0.520. The smallest absolute Gasteiger partial charge is 0.0294 e. The maximum Gasteiger partial charge on any atom is -0.0294 e. The molecule has 7 unspecified atom stereocenters. The largest absolute Gasteiger partial charge is 0.103 e. The Morgan fingerprint density at radius 1 is 1.07 bits per heavy atom. The summed E-state index contributed by atoms with van der Waals surface area (Å²) in [5.41, 5.74) is 1.78. The van der Waals surface area contributed by atoms with Crippen LogP contribution in [0.3, 0.4) is 0 Å². The number of allylic oxidation sites excluding steroid dienone is 3. The lowest BCUT2D eigenvalue weighted by Crippen LogP contribution is -2.06. The van der Waals surface area contributed by atoms with E-state index in [0.717, 1.165) is 47.3 Å². The molecule has 0 aliphatic heterocycles. The Morgan fingerprint density at radius 3 is 2.39 bits per heavy atom. The molecular formula is C28H50. The Labute approximate surface area is 177 Å². The Kier molecular flexibility index (Phi) is 9.85. The van der Waals surface area contributed by atoms with Gasteiger partial charge in [0.25, 0.3) is 0 Å². The van der Waals surface area contributed by atoms with Crippen molar-refractivity contribution >= 4 is 0 Å². The average molecular weight is 387 g/mol. The van der Waals surface area contributed by atoms with Crippen LogP contribution in [0.25, 0.3) is 0 Å². The van der Waals surface area contributed by atoms with Crippen LogP contribution in [-0.2, 0) is 0 Å². The minimum atomic E-state index is 0.795. The minimum absolute atomic E-state index is 0.795. The van der Waals surface area contributed by atoms with E-state index in [2.05, 4.69) is 60.3 Å². The van der Waals surface area contributed by atoms with Crippen molar-refractivity contribution in [2.45, 2.75) is 106 Å². The Morgan fingerprint density at radius 2 is 1.79 bits per heavy atom. The highest BCUT2D eigenvalue weighted by Crippen LogP contribution is 2.49. The van der Waals surface area contributed by atoms with E-state index in [9.17, 15) is 0 Å². The fourth-order valence-electron chi connectivity index (χ4n) is 5.14. The fraction of sp³-hybridized carbons (Fsp3) is 0.857. The molecule has 2 fully saturated rings. The van der Waals surface area contributed by atoms with E-state index < -0.39 is 0 Å². The summed E-state index contributed by atoms with van der Waals surface area (Å²) in [5, 5.41) is 0. The second-order valence-electron chi connectivity index (χ2n) is 11.2. The summed E-state index contributed by atoms with van der Waals surface area (Å²) >= 11 is 0. The molecule has 0 radical (unpaired) electrons. The lowest BCUT2D eigenvalue weighted by atomic mass is 9.87. The van der Waals surface area contributed by atoms with Crippen LogP contribution < -0.4 is 0 Å². The van der Waals surface area contributed by atoms with Gasteiger partial charge in [-0.1, -0.05) is 59.3 Å². The van der Waals surface area contributed by atoms with Crippen molar-refractivity contribution in [2.24, 2.45) is 47.3 Å². The van der Waals surface area contributed by atoms with Crippen molar-refractivity contribution in [2.75, 3.05) is 0 Å². The van der Waals surface area contributed by atoms with Crippen LogP contribution in [0.2, 0.25) is 0 Å². The van der Waals surface area contributed by atoms with Gasteiger partial charge in [-0.2, -0.15) is 0 Å². The van der Waals surface area contributed by atoms with Gasteiger partial charge in [0.2, 0.25) is 0 Å². The van der Waals surface area contributed by atoms with Crippen molar-refractivity contribution in [3.8, 4) is 0 Å². The Balaban J connectivity index is 1.79. The molecule has 0 aromatic rings. The van der Waals surface area contributed by atoms with Crippen molar-refractivity contribution in [1.82, 2.24) is 0 Å². The van der Waals surface area contributed by atoms with E-state index >= 15 is 0 Å². The third kappa shape index (κ3) is 8.46. The molecule has 2 aliphatic carbocycles. The predicted molar refractivity (Wildman–Crippen MR) is 126 cm³/mol. The van der Waals surface area contributed by atoms with Crippen LogP contribution in [0.5, 0.6) is 0 Å². The van der Waals surface area contributed by atoms with Gasteiger partial charge in [0.05, 0.1) is 0 Å². The quantitative estimate of drug-likeness (QED) is 0.194. The summed E-state index contributed by atoms with van der Waals surface area (Å²) in [5.74, 6) is 7.48. The van der Waals surface area contributed by atoms with Gasteiger partial charge in [0.15, 0.2) is 0 Å². The first-order chi connectivity index (χ1) is 13.3. The van der Waals surface area contributed by atoms with Gasteiger partial charge in [-0.05, 0) is 112 Å². The molecule has 0 nitrogen and oxygen atoms in total. The average Bonchev–Trinajstić information content (AvgIpc) is 3.55. The first-order valence-corrected chi connectivity index (χ1v) is 12.6. The van der Waals surface area contributed by atoms with Gasteiger partial charge in [-0.15, -0.1) is 6.58 Å². The number of hydrogen-bond acceptors (Lipinski definition) is 0. The van der Waals surface area contributed by atoms with Gasteiger partial charge in [0.1, 0.15) is 0 Å². The molecule has 0 aromatic heterocycles. The van der Waals surface area contributed by atoms with E-state index in [-0.39, 0.29) is 0 Å². The SMILES string of the molecule is C=CCCCC1CC1C(C)CCC(=CCC(C)C(C)C)CC(C)CC1CC1C. The summed E-state index contributed by atoms with van der Waals surface area (Å²) < 4.78 is 0. The maximum absolute atomic E-state index is 3.86. The fourth-order valence-corrected chi connectivity index (χ4v) is 5.14.